The van der Waals surface area contributed by atoms with Crippen molar-refractivity contribution in [1.29, 1.82) is 0 Å². The van der Waals surface area contributed by atoms with E-state index in [0.29, 0.717) is 5.56 Å². The summed E-state index contributed by atoms with van der Waals surface area (Å²) in [5.74, 6) is -1.71. The number of pyridine rings is 1. The molecule has 0 aliphatic carbocycles. The number of nitrogens with zero attached hydrogens (tertiary/aromatic N) is 1. The Morgan fingerprint density at radius 2 is 1.79 bits per heavy atom. The van der Waals surface area contributed by atoms with E-state index in [1.807, 2.05) is 0 Å². The molecule has 0 radical (unpaired) electrons. The lowest BCUT2D eigenvalue weighted by atomic mass is 10.1. The number of esters is 2. The Morgan fingerprint density at radius 1 is 1.14 bits per heavy atom. The van der Waals surface area contributed by atoms with E-state index in [1.54, 1.807) is 26.8 Å². The van der Waals surface area contributed by atoms with Crippen molar-refractivity contribution in [3.05, 3.63) is 44.7 Å². The molecule has 9 nitrogen and oxygen atoms in total. The summed E-state index contributed by atoms with van der Waals surface area (Å²) in [6.45, 7) is 4.91. The van der Waals surface area contributed by atoms with Crippen LogP contribution in [0.1, 0.15) is 39.4 Å². The standard InChI is InChI=1S/C19H22N2O7S/c1-5-27-18(24)14-11(3)15(19(25)28-6-2)29-16(14)20-13(22)10-21-9-7-8-12(26-4)17(21)23/h7-9H,5-6,10H2,1-4H3,(H,20,22). The van der Waals surface area contributed by atoms with E-state index in [1.165, 1.54) is 23.9 Å². The number of aromatic nitrogens is 1. The number of amides is 1. The highest BCUT2D eigenvalue weighted by molar-refractivity contribution is 7.18. The Labute approximate surface area is 171 Å². The molecule has 0 spiro atoms. The molecule has 0 saturated heterocycles. The molecule has 29 heavy (non-hydrogen) atoms. The molecule has 0 atom stereocenters. The van der Waals surface area contributed by atoms with Gasteiger partial charge in [-0.25, -0.2) is 9.59 Å². The maximum atomic E-state index is 12.5. The number of nitrogens with one attached hydrogen (secondary N) is 1. The van der Waals surface area contributed by atoms with Crippen LogP contribution in [-0.2, 0) is 20.8 Å². The molecule has 0 aromatic carbocycles. The van der Waals surface area contributed by atoms with Crippen LogP contribution in [-0.4, -0.2) is 42.7 Å². The zero-order valence-electron chi connectivity index (χ0n) is 16.6. The average Bonchev–Trinajstić information content (AvgIpc) is 2.99. The number of carbonyl (C=O) groups is 3. The van der Waals surface area contributed by atoms with Crippen molar-refractivity contribution < 1.29 is 28.6 Å². The van der Waals surface area contributed by atoms with Crippen LogP contribution in [0.15, 0.2) is 23.1 Å². The van der Waals surface area contributed by atoms with Gasteiger partial charge < -0.3 is 24.1 Å². The highest BCUT2D eigenvalue weighted by Crippen LogP contribution is 2.34. The van der Waals surface area contributed by atoms with Crippen LogP contribution < -0.4 is 15.6 Å². The second-order valence-electron chi connectivity index (χ2n) is 5.76. The summed E-state index contributed by atoms with van der Waals surface area (Å²) in [6, 6.07) is 3.07. The third kappa shape index (κ3) is 5.02. The first-order valence-electron chi connectivity index (χ1n) is 8.84. The number of methoxy groups -OCH3 is 1. The summed E-state index contributed by atoms with van der Waals surface area (Å²) in [6.07, 6.45) is 1.44. The van der Waals surface area contributed by atoms with Crippen molar-refractivity contribution in [2.75, 3.05) is 25.6 Å². The quantitative estimate of drug-likeness (QED) is 0.649. The minimum atomic E-state index is -0.661. The van der Waals surface area contributed by atoms with Gasteiger partial charge in [0.2, 0.25) is 5.91 Å². The lowest BCUT2D eigenvalue weighted by molar-refractivity contribution is -0.116. The van der Waals surface area contributed by atoms with Crippen LogP contribution in [0.3, 0.4) is 0 Å². The molecule has 2 aromatic heterocycles. The molecule has 1 N–H and O–H groups in total. The Bertz CT molecular complexity index is 977. The van der Waals surface area contributed by atoms with E-state index < -0.39 is 23.4 Å². The van der Waals surface area contributed by atoms with E-state index in [4.69, 9.17) is 14.2 Å². The number of anilines is 1. The minimum Gasteiger partial charge on any atom is -0.491 e. The van der Waals surface area contributed by atoms with Gasteiger partial charge in [0.25, 0.3) is 5.56 Å². The number of ether oxygens (including phenoxy) is 3. The van der Waals surface area contributed by atoms with E-state index in [-0.39, 0.29) is 40.9 Å². The lowest BCUT2D eigenvalue weighted by Gasteiger charge is -2.09. The molecule has 156 valence electrons. The molecule has 0 saturated carbocycles. The van der Waals surface area contributed by atoms with Crippen molar-refractivity contribution in [2.24, 2.45) is 0 Å². The first-order valence-corrected chi connectivity index (χ1v) is 9.66. The Kier molecular flexibility index (Phi) is 7.54. The van der Waals surface area contributed by atoms with E-state index in [9.17, 15) is 19.2 Å². The zero-order valence-corrected chi connectivity index (χ0v) is 17.4. The molecular weight excluding hydrogens is 400 g/mol. The number of thiophene rings is 1. The molecule has 0 aliphatic heterocycles. The summed E-state index contributed by atoms with van der Waals surface area (Å²) in [4.78, 5) is 49.4. The van der Waals surface area contributed by atoms with Crippen LogP contribution >= 0.6 is 11.3 Å². The number of rotatable bonds is 8. The number of carbonyl (C=O) groups excluding carboxylic acids is 3. The Balaban J connectivity index is 2.34. The van der Waals surface area contributed by atoms with Gasteiger partial charge in [-0.05, 0) is 38.5 Å². The van der Waals surface area contributed by atoms with Crippen molar-refractivity contribution in [2.45, 2.75) is 27.3 Å². The summed E-state index contributed by atoms with van der Waals surface area (Å²) in [7, 11) is 1.36. The van der Waals surface area contributed by atoms with Gasteiger partial charge in [0.15, 0.2) is 5.75 Å². The van der Waals surface area contributed by atoms with Gasteiger partial charge in [-0.2, -0.15) is 0 Å². The fourth-order valence-electron chi connectivity index (χ4n) is 2.56. The van der Waals surface area contributed by atoms with Crippen molar-refractivity contribution in [1.82, 2.24) is 4.57 Å². The molecule has 0 fully saturated rings. The van der Waals surface area contributed by atoms with E-state index in [2.05, 4.69) is 5.32 Å². The van der Waals surface area contributed by atoms with E-state index in [0.717, 1.165) is 11.3 Å². The highest BCUT2D eigenvalue weighted by atomic mass is 32.1. The fourth-order valence-corrected chi connectivity index (χ4v) is 3.66. The second kappa shape index (κ2) is 9.87. The largest absolute Gasteiger partial charge is 0.491 e. The lowest BCUT2D eigenvalue weighted by Crippen LogP contribution is -2.27. The molecular formula is C19H22N2O7S. The van der Waals surface area contributed by atoms with Crippen LogP contribution in [0.5, 0.6) is 5.75 Å². The molecule has 2 heterocycles. The summed E-state index contributed by atoms with van der Waals surface area (Å²) in [5.41, 5.74) is -0.0164. The minimum absolute atomic E-state index is 0.0891. The van der Waals surface area contributed by atoms with Crippen LogP contribution in [0.4, 0.5) is 5.00 Å². The number of hydrogen-bond acceptors (Lipinski definition) is 8. The maximum absolute atomic E-state index is 12.5. The van der Waals surface area contributed by atoms with Crippen LogP contribution in [0.2, 0.25) is 0 Å². The summed E-state index contributed by atoms with van der Waals surface area (Å²) >= 11 is 0.920. The highest BCUT2D eigenvalue weighted by Gasteiger charge is 2.27. The summed E-state index contributed by atoms with van der Waals surface area (Å²) in [5, 5.41) is 2.75. The first kappa shape index (κ1) is 22.2. The Morgan fingerprint density at radius 3 is 2.41 bits per heavy atom. The first-order chi connectivity index (χ1) is 13.8. The molecule has 2 rings (SSSR count). The third-order valence-electron chi connectivity index (χ3n) is 3.86. The van der Waals surface area contributed by atoms with Gasteiger partial charge in [-0.3, -0.25) is 9.59 Å². The van der Waals surface area contributed by atoms with Crippen molar-refractivity contribution in [3.8, 4) is 5.75 Å². The third-order valence-corrected chi connectivity index (χ3v) is 5.05. The Hall–Kier alpha value is -3.14. The zero-order chi connectivity index (χ0) is 21.6. The average molecular weight is 422 g/mol. The van der Waals surface area contributed by atoms with Crippen LogP contribution in [0.25, 0.3) is 0 Å². The normalized spacial score (nSPS) is 10.3. The molecule has 0 unspecified atom stereocenters. The monoisotopic (exact) mass is 422 g/mol. The molecule has 1 amide bonds. The van der Waals surface area contributed by atoms with Crippen molar-refractivity contribution >= 4 is 34.2 Å². The van der Waals surface area contributed by atoms with Gasteiger partial charge >= 0.3 is 11.9 Å². The predicted molar refractivity (Wildman–Crippen MR) is 107 cm³/mol. The molecule has 0 aliphatic rings. The SMILES string of the molecule is CCOC(=O)c1sc(NC(=O)Cn2cccc(OC)c2=O)c(C(=O)OCC)c1C. The van der Waals surface area contributed by atoms with E-state index >= 15 is 0 Å². The van der Waals surface area contributed by atoms with Gasteiger partial charge in [-0.1, -0.05) is 0 Å². The van der Waals surface area contributed by atoms with Gasteiger partial charge in [0.1, 0.15) is 16.4 Å². The fraction of sp³-hybridized carbons (Fsp3) is 0.368. The van der Waals surface area contributed by atoms with Crippen LogP contribution in [0, 0.1) is 6.92 Å². The molecule has 0 bridgehead atoms. The predicted octanol–water partition coefficient (Wildman–Crippen LogP) is 2.22. The van der Waals surface area contributed by atoms with Gasteiger partial charge in [-0.15, -0.1) is 11.3 Å². The van der Waals surface area contributed by atoms with Gasteiger partial charge in [0.05, 0.1) is 25.9 Å². The molecule has 10 heteroatoms. The van der Waals surface area contributed by atoms with Gasteiger partial charge in [0, 0.05) is 6.20 Å². The smallest absolute Gasteiger partial charge is 0.348 e. The maximum Gasteiger partial charge on any atom is 0.348 e. The second-order valence-corrected chi connectivity index (χ2v) is 6.78. The van der Waals surface area contributed by atoms with Crippen molar-refractivity contribution in [3.63, 3.8) is 0 Å². The topological polar surface area (TPSA) is 113 Å². The molecule has 2 aromatic rings. The number of hydrogen-bond donors (Lipinski definition) is 1. The summed E-state index contributed by atoms with van der Waals surface area (Å²) < 4.78 is 16.2.